The molecule has 0 radical (unpaired) electrons. The number of allylic oxidation sites excluding steroid dienone is 3. The first-order valence-corrected chi connectivity index (χ1v) is 15.2. The highest BCUT2D eigenvalue weighted by molar-refractivity contribution is 7.24. The van der Waals surface area contributed by atoms with Crippen LogP contribution in [0, 0.1) is 35.8 Å². The molecule has 2 aliphatic carbocycles. The molecule has 0 spiro atoms. The fourth-order valence-corrected chi connectivity index (χ4v) is 9.95. The number of thiophene rings is 2. The lowest BCUT2D eigenvalue weighted by atomic mass is 9.84. The zero-order valence-corrected chi connectivity index (χ0v) is 24.9. The van der Waals surface area contributed by atoms with Gasteiger partial charge in [-0.1, -0.05) is 50.6 Å². The van der Waals surface area contributed by atoms with Gasteiger partial charge in [0.2, 0.25) is 5.00 Å². The number of thiazole rings is 2. The molecular formula is C29H17N7S4. The van der Waals surface area contributed by atoms with Crippen LogP contribution < -0.4 is 0 Å². The molecule has 7 nitrogen and oxygen atoms in total. The molecule has 0 atom stereocenters. The summed E-state index contributed by atoms with van der Waals surface area (Å²) >= 11 is 6.33. The van der Waals surface area contributed by atoms with Gasteiger partial charge in [-0.2, -0.15) is 0 Å². The number of hydrogen-bond donors (Lipinski definition) is 0. The second-order valence-corrected chi connectivity index (χ2v) is 14.3. The van der Waals surface area contributed by atoms with Gasteiger partial charge < -0.3 is 4.85 Å². The molecule has 4 heterocycles. The maximum Gasteiger partial charge on any atom is 0.350 e. The van der Waals surface area contributed by atoms with Gasteiger partial charge in [0.05, 0.1) is 43.5 Å². The summed E-state index contributed by atoms with van der Waals surface area (Å²) in [6, 6.07) is 11.4. The average Bonchev–Trinajstić information content (AvgIpc) is 3.75. The summed E-state index contributed by atoms with van der Waals surface area (Å²) in [7, 11) is 0. The summed E-state index contributed by atoms with van der Waals surface area (Å²) in [5, 5.41) is 20.6. The van der Waals surface area contributed by atoms with E-state index in [9.17, 15) is 0 Å². The SMILES string of the molecule is [C-]#[N+]C(C#N)=Nc1ccc(-c2nc3c(s2)C2=C(c4sc(-c5ccc(/C=C(\C#N)[N+]#[C-])s5)nc4C2(C)C)C3(C)C)s1. The molecule has 192 valence electrons. The predicted octanol–water partition coefficient (Wildman–Crippen LogP) is 8.81. The Morgan fingerprint density at radius 3 is 1.93 bits per heavy atom. The van der Waals surface area contributed by atoms with Crippen molar-refractivity contribution in [2.24, 2.45) is 4.99 Å². The fourth-order valence-electron chi connectivity index (χ4n) is 5.15. The number of aromatic nitrogens is 2. The predicted molar refractivity (Wildman–Crippen MR) is 163 cm³/mol. The molecule has 40 heavy (non-hydrogen) atoms. The highest BCUT2D eigenvalue weighted by atomic mass is 32.1. The molecule has 0 saturated heterocycles. The van der Waals surface area contributed by atoms with Gasteiger partial charge in [-0.05, 0) is 41.5 Å². The number of rotatable bonds is 4. The summed E-state index contributed by atoms with van der Waals surface area (Å²) in [5.74, 6) is -0.179. The van der Waals surface area contributed by atoms with Crippen LogP contribution in [0.15, 0.2) is 35.0 Å². The van der Waals surface area contributed by atoms with Crippen molar-refractivity contribution in [1.82, 2.24) is 9.97 Å². The van der Waals surface area contributed by atoms with E-state index in [0.29, 0.717) is 5.00 Å². The van der Waals surface area contributed by atoms with Crippen molar-refractivity contribution in [2.45, 2.75) is 38.5 Å². The van der Waals surface area contributed by atoms with Crippen molar-refractivity contribution < 1.29 is 0 Å². The lowest BCUT2D eigenvalue weighted by Gasteiger charge is -2.21. The van der Waals surface area contributed by atoms with Crippen LogP contribution in [-0.4, -0.2) is 15.8 Å². The van der Waals surface area contributed by atoms with E-state index < -0.39 is 0 Å². The molecule has 4 aromatic rings. The van der Waals surface area contributed by atoms with E-state index in [0.717, 1.165) is 36.0 Å². The number of hydrogen-bond acceptors (Lipinski definition) is 9. The molecule has 0 N–H and O–H groups in total. The molecule has 2 aliphatic rings. The third kappa shape index (κ3) is 3.79. The van der Waals surface area contributed by atoms with Gasteiger partial charge in [-0.15, -0.1) is 34.0 Å². The summed E-state index contributed by atoms with van der Waals surface area (Å²) < 4.78 is 0. The molecule has 0 amide bonds. The number of nitrogens with zero attached hydrogens (tertiary/aromatic N) is 7. The lowest BCUT2D eigenvalue weighted by molar-refractivity contribution is 0.674. The Morgan fingerprint density at radius 1 is 0.825 bits per heavy atom. The smallest absolute Gasteiger partial charge is 0.350 e. The van der Waals surface area contributed by atoms with E-state index >= 15 is 0 Å². The van der Waals surface area contributed by atoms with Crippen molar-refractivity contribution in [3.05, 3.63) is 78.8 Å². The van der Waals surface area contributed by atoms with Crippen LogP contribution in [0.1, 0.15) is 53.7 Å². The van der Waals surface area contributed by atoms with E-state index in [-0.39, 0.29) is 22.4 Å². The minimum Gasteiger partial charge on any atom is -0.351 e. The Bertz CT molecular complexity index is 1830. The van der Waals surface area contributed by atoms with Crippen LogP contribution in [-0.2, 0) is 10.8 Å². The summed E-state index contributed by atoms with van der Waals surface area (Å²) in [6.07, 6.45) is 1.62. The number of amidine groups is 1. The second-order valence-electron chi connectivity index (χ2n) is 10.1. The Hall–Kier alpha value is -4.23. The number of fused-ring (bicyclic) bond motifs is 4. The topological polar surface area (TPSA) is 94.4 Å². The standard InChI is InChI=1S/C29H17N7S4/c1-28(2)21-20(22-24(28)35-26(39-22)16-8-7-15(37-16)11-14(12-30)32-5)29(3,4)25-23(21)40-27(36-25)17-9-10-19(38-17)34-18(13-31)33-6/h7-11H,1-4H3/b14-11+,34-18?. The zero-order chi connectivity index (χ0) is 28.4. The first kappa shape index (κ1) is 26.0. The highest BCUT2D eigenvalue weighted by Crippen LogP contribution is 2.65. The number of nitriles is 2. The van der Waals surface area contributed by atoms with Crippen molar-refractivity contribution in [3.8, 4) is 31.9 Å². The zero-order valence-electron chi connectivity index (χ0n) is 21.7. The quantitative estimate of drug-likeness (QED) is 0.103. The van der Waals surface area contributed by atoms with E-state index in [2.05, 4.69) is 42.4 Å². The highest BCUT2D eigenvalue weighted by Gasteiger charge is 2.54. The van der Waals surface area contributed by atoms with Gasteiger partial charge in [-0.3, -0.25) is 0 Å². The molecule has 6 rings (SSSR count). The van der Waals surface area contributed by atoms with Crippen LogP contribution in [0.5, 0.6) is 0 Å². The summed E-state index contributed by atoms with van der Waals surface area (Å²) in [4.78, 5) is 26.0. The second kappa shape index (κ2) is 9.17. The first-order chi connectivity index (χ1) is 19.1. The summed E-state index contributed by atoms with van der Waals surface area (Å²) in [5.41, 5.74) is 4.19. The van der Waals surface area contributed by atoms with Crippen LogP contribution in [0.25, 0.3) is 46.7 Å². The van der Waals surface area contributed by atoms with Crippen LogP contribution in [0.2, 0.25) is 0 Å². The molecule has 0 aliphatic heterocycles. The Balaban J connectivity index is 1.40. The molecule has 0 fully saturated rings. The van der Waals surface area contributed by atoms with E-state index in [1.807, 2.05) is 36.4 Å². The fraction of sp³-hybridized carbons (Fsp3) is 0.207. The Morgan fingerprint density at radius 2 is 1.40 bits per heavy atom. The van der Waals surface area contributed by atoms with Gasteiger partial charge in [-0.25, -0.2) is 25.3 Å². The Labute approximate surface area is 247 Å². The van der Waals surface area contributed by atoms with Crippen molar-refractivity contribution in [1.29, 1.82) is 10.5 Å². The van der Waals surface area contributed by atoms with Gasteiger partial charge in [0, 0.05) is 15.7 Å². The molecule has 0 bridgehead atoms. The van der Waals surface area contributed by atoms with Crippen LogP contribution >= 0.6 is 45.3 Å². The first-order valence-electron chi connectivity index (χ1n) is 12.0. The molecule has 11 heteroatoms. The minimum absolute atomic E-state index is 0.0680. The van der Waals surface area contributed by atoms with Crippen molar-refractivity contribution in [3.63, 3.8) is 0 Å². The van der Waals surface area contributed by atoms with Gasteiger partial charge in [0.1, 0.15) is 16.1 Å². The van der Waals surface area contributed by atoms with Crippen molar-refractivity contribution in [2.75, 3.05) is 0 Å². The van der Waals surface area contributed by atoms with E-state index in [1.165, 1.54) is 43.6 Å². The molecule has 0 unspecified atom stereocenters. The van der Waals surface area contributed by atoms with E-state index in [1.54, 1.807) is 28.7 Å². The van der Waals surface area contributed by atoms with E-state index in [4.69, 9.17) is 33.6 Å². The largest absolute Gasteiger partial charge is 0.351 e. The average molecular weight is 592 g/mol. The third-order valence-electron chi connectivity index (χ3n) is 6.97. The Kier molecular flexibility index (Phi) is 5.96. The maximum atomic E-state index is 9.10. The normalized spacial score (nSPS) is 16.5. The number of aliphatic imine (C=N–C) groups is 1. The monoisotopic (exact) mass is 591 g/mol. The molecular weight excluding hydrogens is 575 g/mol. The van der Waals surface area contributed by atoms with Gasteiger partial charge >= 0.3 is 5.84 Å². The lowest BCUT2D eigenvalue weighted by Crippen LogP contribution is -2.18. The molecule has 4 aromatic heterocycles. The van der Waals surface area contributed by atoms with Crippen LogP contribution in [0.4, 0.5) is 5.00 Å². The van der Waals surface area contributed by atoms with Crippen molar-refractivity contribution >= 4 is 73.4 Å². The van der Waals surface area contributed by atoms with Gasteiger partial charge in [0.25, 0.3) is 5.70 Å². The maximum absolute atomic E-state index is 9.10. The molecule has 0 saturated carbocycles. The molecule has 0 aromatic carbocycles. The third-order valence-corrected chi connectivity index (χ3v) is 11.5. The van der Waals surface area contributed by atoms with Crippen LogP contribution in [0.3, 0.4) is 0 Å². The summed E-state index contributed by atoms with van der Waals surface area (Å²) in [6.45, 7) is 23.1. The van der Waals surface area contributed by atoms with Gasteiger partial charge in [0.15, 0.2) is 0 Å². The minimum atomic E-state index is -0.303.